The fourth-order valence-electron chi connectivity index (χ4n) is 7.13. The van der Waals surface area contributed by atoms with E-state index in [9.17, 15) is 0 Å². The summed E-state index contributed by atoms with van der Waals surface area (Å²) in [6.45, 7) is 21.6. The smallest absolute Gasteiger partial charge is 0.204 e. The predicted molar refractivity (Wildman–Crippen MR) is 253 cm³/mol. The number of benzene rings is 4. The molecular weight excluding hydrogens is 816 g/mol. The van der Waals surface area contributed by atoms with Crippen LogP contribution in [0.5, 0.6) is 0 Å². The van der Waals surface area contributed by atoms with Gasteiger partial charge in [-0.3, -0.25) is 0 Å². The molecular formula is C50H71ClN2O6Si2. The third-order valence-electron chi connectivity index (χ3n) is 10.0. The van der Waals surface area contributed by atoms with Crippen molar-refractivity contribution in [2.45, 2.75) is 51.6 Å². The second kappa shape index (κ2) is 29.7. The number of rotatable bonds is 22. The van der Waals surface area contributed by atoms with Crippen LogP contribution in [0.4, 0.5) is 0 Å². The molecule has 0 heterocycles. The molecule has 4 rings (SSSR count). The first kappa shape index (κ1) is 53.5. The van der Waals surface area contributed by atoms with Gasteiger partial charge in [-0.25, -0.2) is 0 Å². The van der Waals surface area contributed by atoms with Gasteiger partial charge in [0.25, 0.3) is 0 Å². The molecule has 4 aromatic rings. The van der Waals surface area contributed by atoms with E-state index in [1.165, 1.54) is 20.7 Å². The van der Waals surface area contributed by atoms with Crippen LogP contribution in [-0.4, -0.2) is 109 Å². The lowest BCUT2D eigenvalue weighted by Gasteiger charge is -2.39. The van der Waals surface area contributed by atoms with Gasteiger partial charge in [0.1, 0.15) is 13.2 Å². The Morgan fingerprint density at radius 3 is 0.951 bits per heavy atom. The van der Waals surface area contributed by atoms with Crippen LogP contribution in [0.15, 0.2) is 121 Å². The summed E-state index contributed by atoms with van der Waals surface area (Å²) in [6.07, 6.45) is 0. The van der Waals surface area contributed by atoms with Crippen LogP contribution in [0, 0.1) is 22.9 Å². The Morgan fingerprint density at radius 1 is 0.426 bits per heavy atom. The monoisotopic (exact) mass is 886 g/mol. The van der Waals surface area contributed by atoms with Crippen molar-refractivity contribution >= 4 is 36.9 Å². The Bertz CT molecular complexity index is 1620. The lowest BCUT2D eigenvalue weighted by molar-refractivity contribution is -0.374. The minimum atomic E-state index is -2.34. The van der Waals surface area contributed by atoms with Gasteiger partial charge < -0.3 is 52.3 Å². The Kier molecular flexibility index (Phi) is 26.0. The van der Waals surface area contributed by atoms with E-state index >= 15 is 0 Å². The van der Waals surface area contributed by atoms with E-state index < -0.39 is 16.1 Å². The molecule has 0 spiro atoms. The van der Waals surface area contributed by atoms with Crippen LogP contribution in [0.2, 0.25) is 10.1 Å². The Hall–Kier alpha value is -3.60. The van der Waals surface area contributed by atoms with Crippen molar-refractivity contribution in [2.75, 3.05) is 92.4 Å². The van der Waals surface area contributed by atoms with Gasteiger partial charge in [0.05, 0.1) is 72.6 Å². The predicted octanol–water partition coefficient (Wildman–Crippen LogP) is 1.49. The van der Waals surface area contributed by atoms with Crippen LogP contribution in [-0.2, 0) is 28.4 Å². The molecule has 0 radical (unpaired) electrons. The number of hydrogen-bond acceptors (Lipinski definition) is 7. The molecule has 332 valence electrons. The zero-order valence-electron chi connectivity index (χ0n) is 37.6. The van der Waals surface area contributed by atoms with Crippen molar-refractivity contribution in [3.63, 3.8) is 0 Å². The molecule has 0 saturated heterocycles. The Labute approximate surface area is 375 Å². The summed E-state index contributed by atoms with van der Waals surface area (Å²) in [5.41, 5.74) is 16.6. The minimum absolute atomic E-state index is 0. The highest BCUT2D eigenvalue weighted by atomic mass is 35.5. The van der Waals surface area contributed by atoms with Gasteiger partial charge in [-0.1, -0.05) is 175 Å². The summed E-state index contributed by atoms with van der Waals surface area (Å²) < 4.78 is 33.0. The molecule has 0 fully saturated rings. The van der Waals surface area contributed by atoms with Crippen molar-refractivity contribution in [3.8, 4) is 22.9 Å². The minimum Gasteiger partial charge on any atom is -1.00 e. The van der Waals surface area contributed by atoms with Crippen LogP contribution in [0.25, 0.3) is 0 Å². The van der Waals surface area contributed by atoms with E-state index in [0.717, 1.165) is 6.54 Å². The zero-order chi connectivity index (χ0) is 43.4. The van der Waals surface area contributed by atoms with E-state index in [0.29, 0.717) is 85.8 Å². The summed E-state index contributed by atoms with van der Waals surface area (Å²) in [4.78, 5) is 0. The van der Waals surface area contributed by atoms with Gasteiger partial charge in [-0.15, -0.1) is 11.1 Å². The Balaban J connectivity index is 0.000000413. The molecule has 0 saturated carbocycles. The van der Waals surface area contributed by atoms with Crippen molar-refractivity contribution < 1.29 is 46.6 Å². The lowest BCUT2D eigenvalue weighted by Crippen LogP contribution is -3.00. The number of hydrogen-bond donors (Lipinski definition) is 2. The molecule has 0 aliphatic carbocycles. The third kappa shape index (κ3) is 17.2. The van der Waals surface area contributed by atoms with E-state index in [1.807, 2.05) is 0 Å². The van der Waals surface area contributed by atoms with Crippen LogP contribution in [0.3, 0.4) is 0 Å². The van der Waals surface area contributed by atoms with Gasteiger partial charge in [0.15, 0.2) is 0 Å². The van der Waals surface area contributed by atoms with Gasteiger partial charge in [0.2, 0.25) is 16.1 Å². The molecule has 0 aromatic heterocycles. The standard InChI is InChI=1S/2C25H35NO3Si.ClH/c2*1-25(2,3)30(23-11-6-4-7-12-23,24-13-8-5-9-14-24)22-10-16-27-18-20-29-21-19-28-17-15-26;/h2*4-9,11-14H,15-21,26H2,1-3H3;1H. The first-order valence-electron chi connectivity index (χ1n) is 21.2. The molecule has 0 atom stereocenters. The van der Waals surface area contributed by atoms with E-state index in [2.05, 4.69) is 192 Å². The van der Waals surface area contributed by atoms with Crippen LogP contribution in [0.1, 0.15) is 41.5 Å². The molecule has 61 heavy (non-hydrogen) atoms. The topological polar surface area (TPSA) is 109 Å². The summed E-state index contributed by atoms with van der Waals surface area (Å²) in [6, 6.07) is 42.9. The van der Waals surface area contributed by atoms with E-state index in [1.54, 1.807) is 0 Å². The lowest BCUT2D eigenvalue weighted by atomic mass is 10.2. The maximum absolute atomic E-state index is 5.71. The highest BCUT2D eigenvalue weighted by Crippen LogP contribution is 2.36. The van der Waals surface area contributed by atoms with Crippen molar-refractivity contribution in [1.29, 1.82) is 0 Å². The molecule has 4 aromatic carbocycles. The highest BCUT2D eigenvalue weighted by Gasteiger charge is 2.48. The maximum Gasteiger partial charge on any atom is 0.204 e. The number of quaternary nitrogens is 1. The van der Waals surface area contributed by atoms with E-state index in [4.69, 9.17) is 34.2 Å². The second-order valence-electron chi connectivity index (χ2n) is 16.3. The maximum atomic E-state index is 5.71. The fraction of sp³-hybridized carbons (Fsp3) is 0.440. The molecule has 0 unspecified atom stereocenters. The summed E-state index contributed by atoms with van der Waals surface area (Å²) in [7, 11) is -4.68. The number of ether oxygens (including phenoxy) is 6. The molecule has 0 aliphatic rings. The first-order valence-corrected chi connectivity index (χ1v) is 25.2. The van der Waals surface area contributed by atoms with Crippen LogP contribution >= 0.6 is 0 Å². The molecule has 11 heteroatoms. The number of nitrogens with two attached hydrogens (primary N) is 1. The average Bonchev–Trinajstić information content (AvgIpc) is 3.25. The fourth-order valence-corrected chi connectivity index (χ4v) is 16.0. The van der Waals surface area contributed by atoms with Gasteiger partial charge >= 0.3 is 0 Å². The molecule has 0 bridgehead atoms. The molecule has 0 amide bonds. The van der Waals surface area contributed by atoms with Gasteiger partial charge in [-0.05, 0) is 30.8 Å². The SMILES string of the molecule is CC(C)(C)[Si](C#CCOCCOCCOCCN)(c1ccccc1)c1ccccc1.CC(C)(C)[Si](C#CCOCCOCCOCC[NH3+])(c1ccccc1)c1ccccc1.[Cl-]. The molecule has 0 aliphatic heterocycles. The highest BCUT2D eigenvalue weighted by molar-refractivity contribution is 7.10. The van der Waals surface area contributed by atoms with Crippen molar-refractivity contribution in [3.05, 3.63) is 121 Å². The zero-order valence-corrected chi connectivity index (χ0v) is 40.3. The largest absolute Gasteiger partial charge is 1.00 e. The van der Waals surface area contributed by atoms with Crippen LogP contribution < -0.4 is 44.6 Å². The summed E-state index contributed by atoms with van der Waals surface area (Å²) in [5, 5.41) is 5.38. The second-order valence-corrected chi connectivity index (χ2v) is 25.1. The van der Waals surface area contributed by atoms with Gasteiger partial charge in [-0.2, -0.15) is 0 Å². The van der Waals surface area contributed by atoms with Crippen molar-refractivity contribution in [2.24, 2.45) is 5.73 Å². The number of halogens is 1. The average molecular weight is 888 g/mol. The summed E-state index contributed by atoms with van der Waals surface area (Å²) >= 11 is 0. The first-order chi connectivity index (χ1) is 29.0. The molecule has 8 nitrogen and oxygen atoms in total. The summed E-state index contributed by atoms with van der Waals surface area (Å²) in [5.74, 6) is 6.69. The van der Waals surface area contributed by atoms with E-state index in [-0.39, 0.29) is 22.5 Å². The molecule has 5 N–H and O–H groups in total. The van der Waals surface area contributed by atoms with Gasteiger partial charge in [0, 0.05) is 6.54 Å². The normalized spacial score (nSPS) is 11.5. The third-order valence-corrected chi connectivity index (χ3v) is 20.4. The Morgan fingerprint density at radius 2 is 0.689 bits per heavy atom. The van der Waals surface area contributed by atoms with Crippen molar-refractivity contribution in [1.82, 2.24) is 0 Å². The quantitative estimate of drug-likeness (QED) is 0.0701.